The molecule has 0 aliphatic heterocycles. The third-order valence-corrected chi connectivity index (χ3v) is 11.3. The van der Waals surface area contributed by atoms with Crippen LogP contribution in [0, 0.1) is 20.8 Å². The molecule has 11 heteroatoms. The summed E-state index contributed by atoms with van der Waals surface area (Å²) in [5.41, 5.74) is 3.37. The monoisotopic (exact) mass is 620 g/mol. The van der Waals surface area contributed by atoms with E-state index in [0.29, 0.717) is 17.2 Å². The van der Waals surface area contributed by atoms with Crippen LogP contribution in [0.2, 0.25) is 0 Å². The lowest BCUT2D eigenvalue weighted by Crippen LogP contribution is -2.20. The summed E-state index contributed by atoms with van der Waals surface area (Å²) in [5.74, 6) is 1.88. The molecule has 1 N–H and O–H groups in total. The standard InChI is InChI=1S/C30H43N2O6P3/c1-22(2)33-39(35-28-16-10-25(7)11-17-28)31-41(37-24(5)6,38-30-20-14-27(9)15-21-30)32-40(34-23(3)4)36-29-18-12-26(8)13-19-29/h10-24,31H,1-9H3. The van der Waals surface area contributed by atoms with E-state index in [-0.39, 0.29) is 18.3 Å². The van der Waals surface area contributed by atoms with Crippen molar-refractivity contribution in [2.75, 3.05) is 0 Å². The Morgan fingerprint density at radius 1 is 0.585 bits per heavy atom. The third kappa shape index (κ3) is 12.0. The molecule has 0 aliphatic carbocycles. The van der Waals surface area contributed by atoms with Gasteiger partial charge in [0, 0.05) is 0 Å². The summed E-state index contributed by atoms with van der Waals surface area (Å²) < 4.78 is 43.3. The molecule has 0 radical (unpaired) electrons. The molecule has 41 heavy (non-hydrogen) atoms. The highest BCUT2D eigenvalue weighted by atomic mass is 31.3. The molecule has 3 atom stereocenters. The lowest BCUT2D eigenvalue weighted by molar-refractivity contribution is 0.222. The Balaban J connectivity index is 2.11. The summed E-state index contributed by atoms with van der Waals surface area (Å²) in [6.07, 6.45) is -0.555. The topological polar surface area (TPSA) is 79.8 Å². The molecule has 0 amide bonds. The van der Waals surface area contributed by atoms with Crippen molar-refractivity contribution in [1.82, 2.24) is 4.86 Å². The Hall–Kier alpha value is -2.01. The van der Waals surface area contributed by atoms with Crippen molar-refractivity contribution in [3.8, 4) is 17.2 Å². The highest BCUT2D eigenvalue weighted by Crippen LogP contribution is 2.62. The number of nitrogens with zero attached hydrogens (tertiary/aromatic N) is 1. The van der Waals surface area contributed by atoms with Crippen molar-refractivity contribution >= 4 is 24.7 Å². The van der Waals surface area contributed by atoms with Gasteiger partial charge in [-0.15, -0.1) is 9.37 Å². The van der Waals surface area contributed by atoms with Gasteiger partial charge in [-0.05, 0) is 98.7 Å². The fraction of sp³-hybridized carbons (Fsp3) is 0.400. The van der Waals surface area contributed by atoms with Crippen LogP contribution in [0.25, 0.3) is 0 Å². The van der Waals surface area contributed by atoms with Gasteiger partial charge >= 0.3 is 24.7 Å². The van der Waals surface area contributed by atoms with E-state index in [1.54, 1.807) is 0 Å². The second kappa shape index (κ2) is 16.0. The predicted octanol–water partition coefficient (Wildman–Crippen LogP) is 10.4. The summed E-state index contributed by atoms with van der Waals surface area (Å²) in [6.45, 7) is 17.7. The second-order valence-electron chi connectivity index (χ2n) is 10.4. The number of nitrogens with one attached hydrogen (secondary N) is 1. The summed E-state index contributed by atoms with van der Waals surface area (Å²) in [6, 6.07) is 23.3. The Kier molecular flexibility index (Phi) is 13.1. The van der Waals surface area contributed by atoms with E-state index in [4.69, 9.17) is 31.7 Å². The lowest BCUT2D eigenvalue weighted by Gasteiger charge is -2.31. The molecule has 3 aromatic rings. The maximum Gasteiger partial charge on any atom is 0.378 e. The second-order valence-corrected chi connectivity index (χ2v) is 15.1. The number of rotatable bonds is 15. The number of aryl methyl sites for hydroxylation is 3. The van der Waals surface area contributed by atoms with Gasteiger partial charge in [-0.3, -0.25) is 4.52 Å². The number of hydrogen-bond donors (Lipinski definition) is 1. The average Bonchev–Trinajstić information content (AvgIpc) is 2.87. The van der Waals surface area contributed by atoms with Gasteiger partial charge in [0.15, 0.2) is 0 Å². The molecule has 0 saturated carbocycles. The molecule has 0 aromatic heterocycles. The maximum absolute atomic E-state index is 6.63. The molecule has 0 bridgehead atoms. The molecule has 3 aromatic carbocycles. The first-order valence-electron chi connectivity index (χ1n) is 13.7. The average molecular weight is 621 g/mol. The largest absolute Gasteiger partial charge is 0.436 e. The number of hydrogen-bond acceptors (Lipinski definition) is 7. The van der Waals surface area contributed by atoms with Crippen molar-refractivity contribution in [3.05, 3.63) is 89.5 Å². The van der Waals surface area contributed by atoms with Crippen LogP contribution in [0.1, 0.15) is 58.2 Å². The SMILES string of the molecule is Cc1ccc(OP(N=P(NP(Oc2ccc(C)cc2)OC(C)C)(Oc2ccc(C)cc2)OC(C)C)OC(C)C)cc1. The van der Waals surface area contributed by atoms with Crippen LogP contribution in [-0.4, -0.2) is 18.3 Å². The first kappa shape index (κ1) is 33.5. The Bertz CT molecular complexity index is 1250. The van der Waals surface area contributed by atoms with Crippen molar-refractivity contribution in [2.24, 2.45) is 4.52 Å². The molecule has 0 aliphatic rings. The molecular formula is C30H43N2O6P3. The van der Waals surface area contributed by atoms with Crippen LogP contribution in [0.4, 0.5) is 0 Å². The quantitative estimate of drug-likeness (QED) is 0.169. The first-order chi connectivity index (χ1) is 19.4. The molecule has 0 fully saturated rings. The van der Waals surface area contributed by atoms with Crippen molar-refractivity contribution in [3.63, 3.8) is 0 Å². The van der Waals surface area contributed by atoms with Crippen LogP contribution in [0.5, 0.6) is 17.2 Å². The van der Waals surface area contributed by atoms with Crippen LogP contribution >= 0.6 is 24.7 Å². The maximum atomic E-state index is 6.63. The summed E-state index contributed by atoms with van der Waals surface area (Å²) in [7, 11) is -7.00. The zero-order valence-corrected chi connectivity index (χ0v) is 28.1. The summed E-state index contributed by atoms with van der Waals surface area (Å²) >= 11 is 0. The first-order valence-corrected chi connectivity index (χ1v) is 17.6. The summed E-state index contributed by atoms with van der Waals surface area (Å²) in [4.78, 5) is 3.43. The van der Waals surface area contributed by atoms with Crippen LogP contribution in [0.3, 0.4) is 0 Å². The van der Waals surface area contributed by atoms with Gasteiger partial charge in [0.1, 0.15) is 17.2 Å². The highest BCUT2D eigenvalue weighted by Gasteiger charge is 2.36. The van der Waals surface area contributed by atoms with Crippen LogP contribution < -0.4 is 18.4 Å². The Morgan fingerprint density at radius 2 is 1.02 bits per heavy atom. The van der Waals surface area contributed by atoms with Gasteiger partial charge in [-0.2, -0.15) is 0 Å². The van der Waals surface area contributed by atoms with Gasteiger partial charge in [-0.25, -0.2) is 0 Å². The van der Waals surface area contributed by atoms with Gasteiger partial charge in [0.05, 0.1) is 18.3 Å². The number of benzene rings is 3. The summed E-state index contributed by atoms with van der Waals surface area (Å²) in [5, 5.41) is 0. The van der Waals surface area contributed by atoms with E-state index < -0.39 is 24.7 Å². The van der Waals surface area contributed by atoms with E-state index in [1.807, 2.05) is 135 Å². The molecule has 224 valence electrons. The molecule has 3 rings (SSSR count). The normalized spacial score (nSPS) is 14.5. The van der Waals surface area contributed by atoms with E-state index in [9.17, 15) is 0 Å². The van der Waals surface area contributed by atoms with Crippen molar-refractivity contribution in [2.45, 2.75) is 80.6 Å². The third-order valence-electron chi connectivity index (χ3n) is 5.02. The minimum atomic E-state index is -3.37. The zero-order chi connectivity index (χ0) is 30.0. The lowest BCUT2D eigenvalue weighted by atomic mass is 10.2. The van der Waals surface area contributed by atoms with Crippen molar-refractivity contribution in [1.29, 1.82) is 0 Å². The smallest absolute Gasteiger partial charge is 0.378 e. The van der Waals surface area contributed by atoms with Gasteiger partial charge in [0.2, 0.25) is 0 Å². The zero-order valence-electron chi connectivity index (χ0n) is 25.4. The van der Waals surface area contributed by atoms with Gasteiger partial charge in [-0.1, -0.05) is 53.1 Å². The van der Waals surface area contributed by atoms with E-state index in [2.05, 4.69) is 4.86 Å². The van der Waals surface area contributed by atoms with Crippen LogP contribution in [0.15, 0.2) is 77.3 Å². The molecule has 0 heterocycles. The Morgan fingerprint density at radius 3 is 1.46 bits per heavy atom. The fourth-order valence-corrected chi connectivity index (χ4v) is 9.15. The molecule has 0 spiro atoms. The predicted molar refractivity (Wildman–Crippen MR) is 170 cm³/mol. The Labute approximate surface area is 248 Å². The van der Waals surface area contributed by atoms with Crippen molar-refractivity contribution < 1.29 is 27.1 Å². The molecular weight excluding hydrogens is 577 g/mol. The van der Waals surface area contributed by atoms with Gasteiger partial charge < -0.3 is 22.6 Å². The molecule has 0 saturated heterocycles. The van der Waals surface area contributed by atoms with E-state index in [1.165, 1.54) is 0 Å². The van der Waals surface area contributed by atoms with Gasteiger partial charge in [0.25, 0.3) is 0 Å². The minimum absolute atomic E-state index is 0.142. The van der Waals surface area contributed by atoms with E-state index in [0.717, 1.165) is 16.7 Å². The highest BCUT2D eigenvalue weighted by molar-refractivity contribution is 7.70. The van der Waals surface area contributed by atoms with E-state index >= 15 is 0 Å². The molecule has 8 nitrogen and oxygen atoms in total. The fourth-order valence-electron chi connectivity index (χ4n) is 3.23. The molecule has 3 unspecified atom stereocenters. The van der Waals surface area contributed by atoms with Crippen LogP contribution in [-0.2, 0) is 13.6 Å². The minimum Gasteiger partial charge on any atom is -0.436 e.